The molecule has 2 aromatic rings. The van der Waals surface area contributed by atoms with E-state index in [9.17, 15) is 0 Å². The topological polar surface area (TPSA) is 42.7 Å². The van der Waals surface area contributed by atoms with Crippen LogP contribution in [0.5, 0.6) is 0 Å². The molecule has 4 heteroatoms. The molecule has 94 valence electrons. The molecular weight excluding hydrogens is 224 g/mol. The average molecular weight is 242 g/mol. The fourth-order valence-corrected chi connectivity index (χ4v) is 2.68. The number of aromatic nitrogens is 3. The standard InChI is InChI=1S/C14H18N4/c1-3-18-10(2)16-17-14(18)13-8-11-6-4-5-7-12(11)9-15-13/h4-7,13,15H,3,8-9H2,1-2H3. The Morgan fingerprint density at radius 2 is 2.06 bits per heavy atom. The van der Waals surface area contributed by atoms with Crippen LogP contribution < -0.4 is 5.32 Å². The van der Waals surface area contributed by atoms with E-state index in [0.29, 0.717) is 0 Å². The number of nitrogens with one attached hydrogen (secondary N) is 1. The Hall–Kier alpha value is -1.68. The van der Waals surface area contributed by atoms with Gasteiger partial charge in [0.25, 0.3) is 0 Å². The summed E-state index contributed by atoms with van der Waals surface area (Å²) in [6.07, 6.45) is 0.994. The minimum Gasteiger partial charge on any atom is -0.314 e. The largest absolute Gasteiger partial charge is 0.314 e. The molecule has 1 atom stereocenters. The zero-order valence-electron chi connectivity index (χ0n) is 10.8. The van der Waals surface area contributed by atoms with E-state index in [1.807, 2.05) is 6.92 Å². The Kier molecular flexibility index (Phi) is 2.88. The Balaban J connectivity index is 1.92. The van der Waals surface area contributed by atoms with Crippen molar-refractivity contribution in [3.05, 3.63) is 47.0 Å². The molecule has 0 fully saturated rings. The summed E-state index contributed by atoms with van der Waals surface area (Å²) in [5.41, 5.74) is 2.82. The number of fused-ring (bicyclic) bond motifs is 1. The summed E-state index contributed by atoms with van der Waals surface area (Å²) in [7, 11) is 0. The fourth-order valence-electron chi connectivity index (χ4n) is 2.68. The highest BCUT2D eigenvalue weighted by atomic mass is 15.3. The second kappa shape index (κ2) is 4.53. The summed E-state index contributed by atoms with van der Waals surface area (Å²) in [5.74, 6) is 2.05. The van der Waals surface area contributed by atoms with Gasteiger partial charge in [-0.1, -0.05) is 24.3 Å². The van der Waals surface area contributed by atoms with Crippen molar-refractivity contribution in [3.8, 4) is 0 Å². The number of nitrogens with zero attached hydrogens (tertiary/aromatic N) is 3. The quantitative estimate of drug-likeness (QED) is 0.875. The van der Waals surface area contributed by atoms with Gasteiger partial charge in [-0.15, -0.1) is 10.2 Å². The molecule has 18 heavy (non-hydrogen) atoms. The van der Waals surface area contributed by atoms with Crippen LogP contribution in [0.4, 0.5) is 0 Å². The number of rotatable bonds is 2. The number of hydrogen-bond donors (Lipinski definition) is 1. The molecule has 4 nitrogen and oxygen atoms in total. The molecule has 0 saturated heterocycles. The van der Waals surface area contributed by atoms with Gasteiger partial charge in [-0.3, -0.25) is 0 Å². The van der Waals surface area contributed by atoms with Crippen molar-refractivity contribution < 1.29 is 0 Å². The van der Waals surface area contributed by atoms with Crippen molar-refractivity contribution in [2.24, 2.45) is 0 Å². The Morgan fingerprint density at radius 3 is 2.83 bits per heavy atom. The first kappa shape index (κ1) is 11.4. The third kappa shape index (κ3) is 1.82. The van der Waals surface area contributed by atoms with Gasteiger partial charge in [0, 0.05) is 13.1 Å². The van der Waals surface area contributed by atoms with Gasteiger partial charge in [0.05, 0.1) is 6.04 Å². The molecule has 0 radical (unpaired) electrons. The minimum absolute atomic E-state index is 0.279. The lowest BCUT2D eigenvalue weighted by Crippen LogP contribution is -2.30. The zero-order chi connectivity index (χ0) is 12.5. The fraction of sp³-hybridized carbons (Fsp3) is 0.429. The highest BCUT2D eigenvalue weighted by Crippen LogP contribution is 2.25. The van der Waals surface area contributed by atoms with Crippen molar-refractivity contribution >= 4 is 0 Å². The maximum Gasteiger partial charge on any atom is 0.150 e. The monoisotopic (exact) mass is 242 g/mol. The molecule has 3 rings (SSSR count). The summed E-state index contributed by atoms with van der Waals surface area (Å²) >= 11 is 0. The smallest absolute Gasteiger partial charge is 0.150 e. The van der Waals surface area contributed by atoms with E-state index in [1.54, 1.807) is 0 Å². The molecule has 1 aromatic carbocycles. The summed E-state index contributed by atoms with van der Waals surface area (Å²) in [6, 6.07) is 8.88. The summed E-state index contributed by atoms with van der Waals surface area (Å²) in [6.45, 7) is 5.98. The highest BCUT2D eigenvalue weighted by Gasteiger charge is 2.23. The van der Waals surface area contributed by atoms with Gasteiger partial charge in [0.15, 0.2) is 5.82 Å². The van der Waals surface area contributed by atoms with Crippen LogP contribution in [0.15, 0.2) is 24.3 Å². The van der Waals surface area contributed by atoms with Gasteiger partial charge in [-0.25, -0.2) is 0 Å². The highest BCUT2D eigenvalue weighted by molar-refractivity contribution is 5.30. The predicted molar refractivity (Wildman–Crippen MR) is 70.2 cm³/mol. The van der Waals surface area contributed by atoms with Gasteiger partial charge in [-0.2, -0.15) is 0 Å². The lowest BCUT2D eigenvalue weighted by atomic mass is 9.95. The second-order valence-corrected chi connectivity index (χ2v) is 4.76. The molecule has 1 aliphatic heterocycles. The van der Waals surface area contributed by atoms with Crippen molar-refractivity contribution in [1.29, 1.82) is 0 Å². The lowest BCUT2D eigenvalue weighted by molar-refractivity contribution is 0.455. The lowest BCUT2D eigenvalue weighted by Gasteiger charge is -2.25. The Labute approximate surface area is 107 Å². The molecule has 0 aliphatic carbocycles. The third-order valence-electron chi connectivity index (χ3n) is 3.67. The molecule has 0 amide bonds. The Bertz CT molecular complexity index is 559. The van der Waals surface area contributed by atoms with Gasteiger partial charge >= 0.3 is 0 Å². The number of hydrogen-bond acceptors (Lipinski definition) is 3. The van der Waals surface area contributed by atoms with Gasteiger partial charge in [0.2, 0.25) is 0 Å². The van der Waals surface area contributed by atoms with Crippen LogP contribution >= 0.6 is 0 Å². The SMILES string of the molecule is CCn1c(C)nnc1C1Cc2ccccc2CN1. The van der Waals surface area contributed by atoms with E-state index in [4.69, 9.17) is 0 Å². The summed E-state index contributed by atoms with van der Waals surface area (Å²) in [4.78, 5) is 0. The molecule has 1 aromatic heterocycles. The average Bonchev–Trinajstić information content (AvgIpc) is 2.79. The van der Waals surface area contributed by atoms with Gasteiger partial charge < -0.3 is 9.88 Å². The second-order valence-electron chi connectivity index (χ2n) is 4.76. The van der Waals surface area contributed by atoms with Crippen molar-refractivity contribution in [2.45, 2.75) is 39.4 Å². The summed E-state index contributed by atoms with van der Waals surface area (Å²) < 4.78 is 2.19. The van der Waals surface area contributed by atoms with Crippen molar-refractivity contribution in [2.75, 3.05) is 0 Å². The first-order valence-corrected chi connectivity index (χ1v) is 6.49. The van der Waals surface area contributed by atoms with E-state index in [-0.39, 0.29) is 6.04 Å². The molecule has 0 saturated carbocycles. The van der Waals surface area contributed by atoms with Crippen LogP contribution in [-0.4, -0.2) is 14.8 Å². The van der Waals surface area contributed by atoms with E-state index >= 15 is 0 Å². The van der Waals surface area contributed by atoms with E-state index < -0.39 is 0 Å². The van der Waals surface area contributed by atoms with Gasteiger partial charge in [0.1, 0.15) is 5.82 Å². The maximum atomic E-state index is 4.33. The third-order valence-corrected chi connectivity index (χ3v) is 3.67. The van der Waals surface area contributed by atoms with E-state index in [0.717, 1.165) is 31.2 Å². The van der Waals surface area contributed by atoms with Crippen LogP contribution in [0, 0.1) is 6.92 Å². The van der Waals surface area contributed by atoms with E-state index in [2.05, 4.69) is 51.3 Å². The van der Waals surface area contributed by atoms with Gasteiger partial charge in [-0.05, 0) is 31.4 Å². The van der Waals surface area contributed by atoms with E-state index in [1.165, 1.54) is 11.1 Å². The maximum absolute atomic E-state index is 4.33. The van der Waals surface area contributed by atoms with Crippen LogP contribution in [0.3, 0.4) is 0 Å². The van der Waals surface area contributed by atoms with Crippen LogP contribution in [0.1, 0.15) is 35.7 Å². The van der Waals surface area contributed by atoms with Crippen molar-refractivity contribution in [3.63, 3.8) is 0 Å². The molecule has 2 heterocycles. The van der Waals surface area contributed by atoms with Crippen molar-refractivity contribution in [1.82, 2.24) is 20.1 Å². The van der Waals surface area contributed by atoms with Crippen LogP contribution in [0.2, 0.25) is 0 Å². The first-order valence-electron chi connectivity index (χ1n) is 6.49. The molecule has 0 spiro atoms. The molecule has 1 unspecified atom stereocenters. The molecular formula is C14H18N4. The van der Waals surface area contributed by atoms with Crippen LogP contribution in [0.25, 0.3) is 0 Å². The molecule has 1 aliphatic rings. The molecule has 0 bridgehead atoms. The minimum atomic E-state index is 0.279. The summed E-state index contributed by atoms with van der Waals surface area (Å²) in [5, 5.41) is 12.1. The predicted octanol–water partition coefficient (Wildman–Crippen LogP) is 1.99. The number of benzene rings is 1. The normalized spacial score (nSPS) is 18.7. The molecule has 1 N–H and O–H groups in total. The Morgan fingerprint density at radius 1 is 1.28 bits per heavy atom. The zero-order valence-corrected chi connectivity index (χ0v) is 10.8. The van der Waals surface area contributed by atoms with Crippen LogP contribution in [-0.2, 0) is 19.5 Å². The number of aryl methyl sites for hydroxylation is 1. The first-order chi connectivity index (χ1) is 8.79.